The van der Waals surface area contributed by atoms with Crippen molar-refractivity contribution in [1.29, 1.82) is 0 Å². The highest BCUT2D eigenvalue weighted by Gasteiger charge is 2.17. The summed E-state index contributed by atoms with van der Waals surface area (Å²) in [6.45, 7) is 4.39. The molecule has 116 valence electrons. The summed E-state index contributed by atoms with van der Waals surface area (Å²) in [5.41, 5.74) is 2.08. The van der Waals surface area contributed by atoms with E-state index in [-0.39, 0.29) is 18.0 Å². The van der Waals surface area contributed by atoms with Crippen LogP contribution in [0.5, 0.6) is 0 Å². The molecule has 2 atom stereocenters. The largest absolute Gasteiger partial charge is 0.351 e. The van der Waals surface area contributed by atoms with Gasteiger partial charge >= 0.3 is 0 Å². The van der Waals surface area contributed by atoms with E-state index in [2.05, 4.69) is 10.6 Å². The molecule has 2 aromatic carbocycles. The number of halogens is 1. The lowest BCUT2D eigenvalue weighted by Crippen LogP contribution is -2.42. The van der Waals surface area contributed by atoms with E-state index in [1.165, 1.54) is 0 Å². The van der Waals surface area contributed by atoms with Gasteiger partial charge in [0, 0.05) is 17.6 Å². The van der Waals surface area contributed by atoms with Gasteiger partial charge in [-0.3, -0.25) is 10.1 Å². The highest BCUT2D eigenvalue weighted by atomic mass is 35.5. The zero-order valence-electron chi connectivity index (χ0n) is 12.8. The number of carbonyl (C=O) groups is 1. The first kappa shape index (κ1) is 16.5. The maximum Gasteiger partial charge on any atom is 0.237 e. The van der Waals surface area contributed by atoms with Crippen LogP contribution in [0.4, 0.5) is 0 Å². The summed E-state index contributed by atoms with van der Waals surface area (Å²) in [6.07, 6.45) is 0. The number of carbonyl (C=O) groups excluding carboxylic acids is 1. The Kier molecular flexibility index (Phi) is 5.99. The summed E-state index contributed by atoms with van der Waals surface area (Å²) in [5.74, 6) is -0.0252. The number of nitrogens with one attached hydrogen (secondary N) is 2. The average Bonchev–Trinajstić information content (AvgIpc) is 2.53. The van der Waals surface area contributed by atoms with Crippen molar-refractivity contribution in [3.8, 4) is 0 Å². The molecule has 2 aromatic rings. The van der Waals surface area contributed by atoms with Gasteiger partial charge in [-0.25, -0.2) is 0 Å². The molecule has 2 N–H and O–H groups in total. The van der Waals surface area contributed by atoms with E-state index in [1.54, 1.807) is 0 Å². The summed E-state index contributed by atoms with van der Waals surface area (Å²) in [4.78, 5) is 12.2. The quantitative estimate of drug-likeness (QED) is 0.853. The lowest BCUT2D eigenvalue weighted by atomic mass is 10.1. The molecule has 0 saturated carbocycles. The van der Waals surface area contributed by atoms with Crippen LogP contribution in [-0.4, -0.2) is 11.9 Å². The Balaban J connectivity index is 1.87. The van der Waals surface area contributed by atoms with Gasteiger partial charge < -0.3 is 5.32 Å². The fourth-order valence-electron chi connectivity index (χ4n) is 2.30. The number of hydrogen-bond donors (Lipinski definition) is 2. The molecule has 0 aliphatic heterocycles. The van der Waals surface area contributed by atoms with E-state index < -0.39 is 0 Å². The minimum absolute atomic E-state index is 0.00572. The van der Waals surface area contributed by atoms with Gasteiger partial charge in [-0.2, -0.15) is 0 Å². The van der Waals surface area contributed by atoms with Gasteiger partial charge in [-0.15, -0.1) is 0 Å². The van der Waals surface area contributed by atoms with Crippen LogP contribution in [0.2, 0.25) is 5.02 Å². The fourth-order valence-corrected chi connectivity index (χ4v) is 2.60. The van der Waals surface area contributed by atoms with Crippen molar-refractivity contribution in [2.24, 2.45) is 0 Å². The maximum atomic E-state index is 12.2. The maximum absolute atomic E-state index is 12.2. The second kappa shape index (κ2) is 7.97. The standard InChI is InChI=1S/C18H21ClN2O/c1-13(16-10-6-7-11-17(16)19)21-14(2)18(22)20-12-15-8-4-3-5-9-15/h3-11,13-14,21H,12H2,1-2H3,(H,20,22)/t13-,14+/m1/s1. The molecule has 22 heavy (non-hydrogen) atoms. The monoisotopic (exact) mass is 316 g/mol. The Morgan fingerprint density at radius 2 is 1.68 bits per heavy atom. The van der Waals surface area contributed by atoms with E-state index in [0.717, 1.165) is 11.1 Å². The van der Waals surface area contributed by atoms with E-state index in [0.29, 0.717) is 11.6 Å². The molecule has 2 rings (SSSR count). The van der Waals surface area contributed by atoms with Crippen LogP contribution in [0.15, 0.2) is 54.6 Å². The molecule has 0 bridgehead atoms. The molecule has 0 aromatic heterocycles. The third-order valence-corrected chi connectivity index (χ3v) is 3.92. The minimum atomic E-state index is -0.296. The van der Waals surface area contributed by atoms with Crippen molar-refractivity contribution in [2.45, 2.75) is 32.5 Å². The smallest absolute Gasteiger partial charge is 0.237 e. The van der Waals surface area contributed by atoms with Crippen LogP contribution >= 0.6 is 11.6 Å². The predicted octanol–water partition coefficient (Wildman–Crippen LogP) is 3.70. The predicted molar refractivity (Wildman–Crippen MR) is 90.8 cm³/mol. The van der Waals surface area contributed by atoms with Crippen molar-refractivity contribution in [1.82, 2.24) is 10.6 Å². The molecule has 3 nitrogen and oxygen atoms in total. The van der Waals surface area contributed by atoms with Crippen molar-refractivity contribution >= 4 is 17.5 Å². The molecule has 0 fully saturated rings. The van der Waals surface area contributed by atoms with Crippen molar-refractivity contribution < 1.29 is 4.79 Å². The molecular weight excluding hydrogens is 296 g/mol. The van der Waals surface area contributed by atoms with E-state index in [9.17, 15) is 4.79 Å². The van der Waals surface area contributed by atoms with E-state index in [1.807, 2.05) is 68.4 Å². The van der Waals surface area contributed by atoms with Crippen LogP contribution in [0.3, 0.4) is 0 Å². The average molecular weight is 317 g/mol. The van der Waals surface area contributed by atoms with Gasteiger partial charge in [0.2, 0.25) is 5.91 Å². The van der Waals surface area contributed by atoms with Crippen LogP contribution < -0.4 is 10.6 Å². The summed E-state index contributed by atoms with van der Waals surface area (Å²) >= 11 is 6.18. The first-order valence-electron chi connectivity index (χ1n) is 7.40. The lowest BCUT2D eigenvalue weighted by Gasteiger charge is -2.20. The molecule has 0 unspecified atom stereocenters. The Morgan fingerprint density at radius 3 is 2.36 bits per heavy atom. The molecule has 0 radical (unpaired) electrons. The highest BCUT2D eigenvalue weighted by molar-refractivity contribution is 6.31. The molecule has 0 aliphatic rings. The molecular formula is C18H21ClN2O. The SMILES string of the molecule is C[C@H](N[C@H](C)c1ccccc1Cl)C(=O)NCc1ccccc1. The Labute approximate surface area is 136 Å². The van der Waals surface area contributed by atoms with Crippen LogP contribution in [0, 0.1) is 0 Å². The van der Waals surface area contributed by atoms with Gasteiger partial charge in [0.25, 0.3) is 0 Å². The van der Waals surface area contributed by atoms with Crippen LogP contribution in [-0.2, 0) is 11.3 Å². The minimum Gasteiger partial charge on any atom is -0.351 e. The summed E-state index contributed by atoms with van der Waals surface area (Å²) in [7, 11) is 0. The Hall–Kier alpha value is -1.84. The van der Waals surface area contributed by atoms with Crippen LogP contribution in [0.25, 0.3) is 0 Å². The van der Waals surface area contributed by atoms with Crippen molar-refractivity contribution in [2.75, 3.05) is 0 Å². The van der Waals surface area contributed by atoms with E-state index in [4.69, 9.17) is 11.6 Å². The lowest BCUT2D eigenvalue weighted by molar-refractivity contribution is -0.123. The molecule has 1 amide bonds. The van der Waals surface area contributed by atoms with Gasteiger partial charge in [-0.05, 0) is 31.0 Å². The molecule has 0 saturated heterocycles. The second-order valence-corrected chi connectivity index (χ2v) is 5.74. The van der Waals surface area contributed by atoms with Crippen molar-refractivity contribution in [3.63, 3.8) is 0 Å². The van der Waals surface area contributed by atoms with Gasteiger partial charge in [0.15, 0.2) is 0 Å². The first-order chi connectivity index (χ1) is 10.6. The second-order valence-electron chi connectivity index (χ2n) is 5.33. The molecule has 0 aliphatic carbocycles. The summed E-state index contributed by atoms with van der Waals surface area (Å²) in [5, 5.41) is 6.92. The van der Waals surface area contributed by atoms with Gasteiger partial charge in [0.05, 0.1) is 6.04 Å². The third-order valence-electron chi connectivity index (χ3n) is 3.57. The third kappa shape index (κ3) is 4.58. The first-order valence-corrected chi connectivity index (χ1v) is 7.78. The number of benzene rings is 2. The van der Waals surface area contributed by atoms with Crippen LogP contribution in [0.1, 0.15) is 31.0 Å². The summed E-state index contributed by atoms with van der Waals surface area (Å²) in [6, 6.07) is 17.2. The van der Waals surface area contributed by atoms with E-state index >= 15 is 0 Å². The van der Waals surface area contributed by atoms with Gasteiger partial charge in [-0.1, -0.05) is 60.1 Å². The number of rotatable bonds is 6. The highest BCUT2D eigenvalue weighted by Crippen LogP contribution is 2.22. The Morgan fingerprint density at radius 1 is 1.05 bits per heavy atom. The zero-order chi connectivity index (χ0) is 15.9. The molecule has 4 heteroatoms. The molecule has 0 heterocycles. The zero-order valence-corrected chi connectivity index (χ0v) is 13.6. The summed E-state index contributed by atoms with van der Waals surface area (Å²) < 4.78 is 0. The molecule has 0 spiro atoms. The van der Waals surface area contributed by atoms with Crippen molar-refractivity contribution in [3.05, 3.63) is 70.7 Å². The number of amides is 1. The normalized spacial score (nSPS) is 13.4. The number of hydrogen-bond acceptors (Lipinski definition) is 2. The topological polar surface area (TPSA) is 41.1 Å². The Bertz CT molecular complexity index is 615. The van der Waals surface area contributed by atoms with Gasteiger partial charge in [0.1, 0.15) is 0 Å². The fraction of sp³-hybridized carbons (Fsp3) is 0.278.